The minimum Gasteiger partial charge on any atom is -0.350 e. The van der Waals surface area contributed by atoms with Crippen molar-refractivity contribution in [1.29, 1.82) is 0 Å². The number of halogens is 2. The van der Waals surface area contributed by atoms with E-state index in [-0.39, 0.29) is 24.3 Å². The van der Waals surface area contributed by atoms with Crippen molar-refractivity contribution in [2.45, 2.75) is 19.5 Å². The maximum Gasteiger partial charge on any atom is 0.234 e. The molecule has 0 saturated carbocycles. The van der Waals surface area contributed by atoms with Crippen molar-refractivity contribution in [3.05, 3.63) is 57.0 Å². The molecule has 0 aliphatic heterocycles. The number of benzene rings is 1. The van der Waals surface area contributed by atoms with E-state index in [1.807, 2.05) is 17.9 Å². The zero-order valence-electron chi connectivity index (χ0n) is 12.5. The van der Waals surface area contributed by atoms with Gasteiger partial charge in [0.15, 0.2) is 0 Å². The van der Waals surface area contributed by atoms with Gasteiger partial charge in [0.1, 0.15) is 5.82 Å². The lowest BCUT2D eigenvalue weighted by atomic mass is 10.1. The minimum absolute atomic E-state index is 0.102. The SMILES string of the molecule is CC(c1ccccc1F)N(C)CC(=O)NCc1ccc(Cl)s1. The van der Waals surface area contributed by atoms with E-state index in [1.54, 1.807) is 31.3 Å². The Kier molecular flexibility index (Phi) is 5.94. The molecule has 0 radical (unpaired) electrons. The number of carbonyl (C=O) groups excluding carboxylic acids is 1. The van der Waals surface area contributed by atoms with Gasteiger partial charge in [-0.15, -0.1) is 11.3 Å². The zero-order valence-corrected chi connectivity index (χ0v) is 14.0. The molecule has 1 N–H and O–H groups in total. The number of nitrogens with zero attached hydrogens (tertiary/aromatic N) is 1. The molecule has 3 nitrogen and oxygen atoms in total. The molecule has 0 bridgehead atoms. The molecule has 0 saturated heterocycles. The average molecular weight is 341 g/mol. The third kappa shape index (κ3) is 4.53. The highest BCUT2D eigenvalue weighted by Crippen LogP contribution is 2.22. The molecular weight excluding hydrogens is 323 g/mol. The number of hydrogen-bond donors (Lipinski definition) is 1. The average Bonchev–Trinajstić information content (AvgIpc) is 2.90. The summed E-state index contributed by atoms with van der Waals surface area (Å²) in [5.41, 5.74) is 0.586. The van der Waals surface area contributed by atoms with Crippen LogP contribution in [0.1, 0.15) is 23.4 Å². The molecule has 1 atom stereocenters. The lowest BCUT2D eigenvalue weighted by Gasteiger charge is -2.24. The second-order valence-corrected chi connectivity index (χ2v) is 6.89. The molecular formula is C16H18ClFN2OS. The van der Waals surface area contributed by atoms with Crippen molar-refractivity contribution in [2.24, 2.45) is 0 Å². The number of carbonyl (C=O) groups is 1. The first-order valence-corrected chi connectivity index (χ1v) is 8.12. The van der Waals surface area contributed by atoms with Crippen LogP contribution in [-0.2, 0) is 11.3 Å². The van der Waals surface area contributed by atoms with Crippen LogP contribution in [0.2, 0.25) is 4.34 Å². The summed E-state index contributed by atoms with van der Waals surface area (Å²) in [5, 5.41) is 2.84. The van der Waals surface area contributed by atoms with Crippen molar-refractivity contribution < 1.29 is 9.18 Å². The summed E-state index contributed by atoms with van der Waals surface area (Å²) in [6.45, 7) is 2.54. The van der Waals surface area contributed by atoms with Gasteiger partial charge in [0.05, 0.1) is 17.4 Å². The molecule has 1 aromatic heterocycles. The summed E-state index contributed by atoms with van der Waals surface area (Å²) in [6.07, 6.45) is 0. The second kappa shape index (κ2) is 7.72. The van der Waals surface area contributed by atoms with Crippen molar-refractivity contribution >= 4 is 28.8 Å². The Hall–Kier alpha value is -1.43. The first-order valence-electron chi connectivity index (χ1n) is 6.93. The molecule has 1 unspecified atom stereocenters. The van der Waals surface area contributed by atoms with Gasteiger partial charge in [-0.1, -0.05) is 29.8 Å². The van der Waals surface area contributed by atoms with E-state index in [0.717, 1.165) is 4.88 Å². The standard InChI is InChI=1S/C16H18ClFN2OS/c1-11(13-5-3-4-6-14(13)18)20(2)10-16(21)19-9-12-7-8-15(17)22-12/h3-8,11H,9-10H2,1-2H3,(H,19,21). The Bertz CT molecular complexity index is 647. The first kappa shape index (κ1) is 16.9. The molecule has 1 aromatic carbocycles. The topological polar surface area (TPSA) is 32.3 Å². The molecule has 0 aliphatic rings. The van der Waals surface area contributed by atoms with Gasteiger partial charge in [-0.25, -0.2) is 4.39 Å². The molecule has 2 aromatic rings. The van der Waals surface area contributed by atoms with Crippen molar-refractivity contribution in [3.8, 4) is 0 Å². The summed E-state index contributed by atoms with van der Waals surface area (Å²) in [7, 11) is 1.80. The molecule has 2 rings (SSSR count). The Morgan fingerprint density at radius 2 is 2.09 bits per heavy atom. The molecule has 22 heavy (non-hydrogen) atoms. The number of thiophene rings is 1. The zero-order chi connectivity index (χ0) is 16.1. The van der Waals surface area contributed by atoms with Gasteiger partial charge in [0, 0.05) is 16.5 Å². The Morgan fingerprint density at radius 1 is 1.36 bits per heavy atom. The van der Waals surface area contributed by atoms with Crippen LogP contribution >= 0.6 is 22.9 Å². The highest BCUT2D eigenvalue weighted by atomic mass is 35.5. The van der Waals surface area contributed by atoms with Crippen LogP contribution in [0.25, 0.3) is 0 Å². The molecule has 0 fully saturated rings. The molecule has 118 valence electrons. The first-order chi connectivity index (χ1) is 10.5. The number of likely N-dealkylation sites (N-methyl/N-ethyl adjacent to an activating group) is 1. The van der Waals surface area contributed by atoms with E-state index >= 15 is 0 Å². The summed E-state index contributed by atoms with van der Waals surface area (Å²) < 4.78 is 14.5. The smallest absolute Gasteiger partial charge is 0.234 e. The van der Waals surface area contributed by atoms with Gasteiger partial charge < -0.3 is 5.32 Å². The number of nitrogens with one attached hydrogen (secondary N) is 1. The van der Waals surface area contributed by atoms with E-state index in [0.29, 0.717) is 16.4 Å². The third-order valence-electron chi connectivity index (χ3n) is 3.50. The fourth-order valence-corrected chi connectivity index (χ4v) is 3.13. The van der Waals surface area contributed by atoms with Crippen LogP contribution in [0.15, 0.2) is 36.4 Å². The van der Waals surface area contributed by atoms with E-state index < -0.39 is 0 Å². The third-order valence-corrected chi connectivity index (χ3v) is 4.73. The van der Waals surface area contributed by atoms with E-state index in [9.17, 15) is 9.18 Å². The second-order valence-electron chi connectivity index (χ2n) is 5.10. The molecule has 0 aliphatic carbocycles. The number of rotatable bonds is 6. The van der Waals surface area contributed by atoms with Gasteiger partial charge in [0.2, 0.25) is 5.91 Å². The van der Waals surface area contributed by atoms with Crippen molar-refractivity contribution in [2.75, 3.05) is 13.6 Å². The maximum absolute atomic E-state index is 13.8. The van der Waals surface area contributed by atoms with E-state index in [2.05, 4.69) is 5.32 Å². The number of amides is 1. The highest BCUT2D eigenvalue weighted by molar-refractivity contribution is 7.16. The van der Waals surface area contributed by atoms with Crippen LogP contribution in [-0.4, -0.2) is 24.4 Å². The van der Waals surface area contributed by atoms with Gasteiger partial charge in [-0.3, -0.25) is 9.69 Å². The number of hydrogen-bond acceptors (Lipinski definition) is 3. The van der Waals surface area contributed by atoms with Crippen LogP contribution in [0.5, 0.6) is 0 Å². The monoisotopic (exact) mass is 340 g/mol. The molecule has 6 heteroatoms. The van der Waals surface area contributed by atoms with Crippen molar-refractivity contribution in [3.63, 3.8) is 0 Å². The lowest BCUT2D eigenvalue weighted by molar-refractivity contribution is -0.122. The van der Waals surface area contributed by atoms with Crippen LogP contribution in [0.4, 0.5) is 4.39 Å². The van der Waals surface area contributed by atoms with Crippen molar-refractivity contribution in [1.82, 2.24) is 10.2 Å². The molecule has 0 spiro atoms. The Morgan fingerprint density at radius 3 is 2.73 bits per heavy atom. The van der Waals surface area contributed by atoms with Gasteiger partial charge in [-0.05, 0) is 32.2 Å². The molecule has 1 heterocycles. The van der Waals surface area contributed by atoms with Gasteiger partial charge >= 0.3 is 0 Å². The van der Waals surface area contributed by atoms with E-state index in [1.165, 1.54) is 17.4 Å². The van der Waals surface area contributed by atoms with E-state index in [4.69, 9.17) is 11.6 Å². The summed E-state index contributed by atoms with van der Waals surface area (Å²) >= 11 is 7.29. The lowest BCUT2D eigenvalue weighted by Crippen LogP contribution is -2.36. The summed E-state index contributed by atoms with van der Waals surface area (Å²) in [6, 6.07) is 10.1. The highest BCUT2D eigenvalue weighted by Gasteiger charge is 2.17. The summed E-state index contributed by atoms with van der Waals surface area (Å²) in [5.74, 6) is -0.356. The summed E-state index contributed by atoms with van der Waals surface area (Å²) in [4.78, 5) is 14.8. The van der Waals surface area contributed by atoms with Crippen LogP contribution in [0, 0.1) is 5.82 Å². The Labute approximate surface area is 138 Å². The van der Waals surface area contributed by atoms with Crippen LogP contribution < -0.4 is 5.32 Å². The quantitative estimate of drug-likeness (QED) is 0.866. The maximum atomic E-state index is 13.8. The van der Waals surface area contributed by atoms with Crippen LogP contribution in [0.3, 0.4) is 0 Å². The van der Waals surface area contributed by atoms with Gasteiger partial charge in [-0.2, -0.15) is 0 Å². The minimum atomic E-state index is -0.254. The fourth-order valence-electron chi connectivity index (χ4n) is 2.10. The molecule has 1 amide bonds. The Balaban J connectivity index is 1.86. The van der Waals surface area contributed by atoms with Gasteiger partial charge in [0.25, 0.3) is 0 Å². The predicted molar refractivity (Wildman–Crippen MR) is 88.6 cm³/mol. The predicted octanol–water partition coefficient (Wildman–Crippen LogP) is 3.85. The largest absolute Gasteiger partial charge is 0.350 e. The normalized spacial score (nSPS) is 12.4. The fraction of sp³-hybridized carbons (Fsp3) is 0.312.